The number of hydrogen-bond acceptors (Lipinski definition) is 2. The maximum absolute atomic E-state index is 12.9. The van der Waals surface area contributed by atoms with Crippen LogP contribution < -0.4 is 10.6 Å². The Kier molecular flexibility index (Phi) is 3.37. The lowest BCUT2D eigenvalue weighted by Gasteiger charge is -2.22. The SMILES string of the molecule is O=C(N[C@H]1CCCNC1=O)c1cccc(F)c1. The molecule has 1 atom stereocenters. The van der Waals surface area contributed by atoms with E-state index in [4.69, 9.17) is 0 Å². The first-order chi connectivity index (χ1) is 8.16. The van der Waals surface area contributed by atoms with Crippen molar-refractivity contribution in [1.29, 1.82) is 0 Å². The summed E-state index contributed by atoms with van der Waals surface area (Å²) >= 11 is 0. The minimum Gasteiger partial charge on any atom is -0.354 e. The fourth-order valence-electron chi connectivity index (χ4n) is 1.78. The highest BCUT2D eigenvalue weighted by molar-refractivity contribution is 5.97. The Balaban J connectivity index is 2.03. The second-order valence-electron chi connectivity index (χ2n) is 3.97. The number of rotatable bonds is 2. The van der Waals surface area contributed by atoms with Crippen molar-refractivity contribution in [3.05, 3.63) is 35.6 Å². The van der Waals surface area contributed by atoms with Crippen LogP contribution in [-0.4, -0.2) is 24.4 Å². The standard InChI is InChI=1S/C12H13FN2O2/c13-9-4-1-3-8(7-9)11(16)15-10-5-2-6-14-12(10)17/h1,3-4,7,10H,2,5-6H2,(H,14,17)(H,15,16)/t10-/m0/s1. The predicted molar refractivity (Wildman–Crippen MR) is 59.9 cm³/mol. The number of halogens is 1. The van der Waals surface area contributed by atoms with Crippen molar-refractivity contribution in [2.24, 2.45) is 0 Å². The molecule has 1 aliphatic heterocycles. The average Bonchev–Trinajstić information content (AvgIpc) is 2.32. The molecule has 1 fully saturated rings. The molecule has 4 nitrogen and oxygen atoms in total. The van der Waals surface area contributed by atoms with Gasteiger partial charge >= 0.3 is 0 Å². The molecule has 2 amide bonds. The van der Waals surface area contributed by atoms with Crippen LogP contribution in [0.1, 0.15) is 23.2 Å². The molecule has 0 bridgehead atoms. The van der Waals surface area contributed by atoms with Crippen molar-refractivity contribution in [3.63, 3.8) is 0 Å². The van der Waals surface area contributed by atoms with Gasteiger partial charge in [0.15, 0.2) is 0 Å². The molecular formula is C12H13FN2O2. The summed E-state index contributed by atoms with van der Waals surface area (Å²) in [6.45, 7) is 0.644. The summed E-state index contributed by atoms with van der Waals surface area (Å²) in [6.07, 6.45) is 1.45. The first-order valence-corrected chi connectivity index (χ1v) is 5.51. The highest BCUT2D eigenvalue weighted by Gasteiger charge is 2.23. The molecule has 90 valence electrons. The molecule has 0 unspecified atom stereocenters. The van der Waals surface area contributed by atoms with Gasteiger partial charge < -0.3 is 10.6 Å². The van der Waals surface area contributed by atoms with Gasteiger partial charge in [-0.3, -0.25) is 9.59 Å². The summed E-state index contributed by atoms with van der Waals surface area (Å²) < 4.78 is 12.9. The van der Waals surface area contributed by atoms with Crippen LogP contribution in [0.25, 0.3) is 0 Å². The van der Waals surface area contributed by atoms with Crippen LogP contribution in [0.3, 0.4) is 0 Å². The lowest BCUT2D eigenvalue weighted by molar-refractivity contribution is -0.124. The molecule has 2 rings (SSSR count). The third kappa shape index (κ3) is 2.81. The molecule has 1 aromatic carbocycles. The van der Waals surface area contributed by atoms with Crippen molar-refractivity contribution in [2.75, 3.05) is 6.54 Å². The van der Waals surface area contributed by atoms with Crippen LogP contribution in [0.15, 0.2) is 24.3 Å². The lowest BCUT2D eigenvalue weighted by Crippen LogP contribution is -2.50. The van der Waals surface area contributed by atoms with Gasteiger partial charge in [-0.25, -0.2) is 4.39 Å². The second kappa shape index (κ2) is 4.95. The van der Waals surface area contributed by atoms with Crippen molar-refractivity contribution in [1.82, 2.24) is 10.6 Å². The molecule has 1 aromatic rings. The topological polar surface area (TPSA) is 58.2 Å². The molecule has 17 heavy (non-hydrogen) atoms. The third-order valence-electron chi connectivity index (χ3n) is 2.68. The lowest BCUT2D eigenvalue weighted by atomic mass is 10.1. The molecule has 1 aliphatic rings. The molecule has 0 aliphatic carbocycles. The zero-order chi connectivity index (χ0) is 12.3. The molecule has 5 heteroatoms. The summed E-state index contributed by atoms with van der Waals surface area (Å²) in [5, 5.41) is 5.27. The molecule has 0 radical (unpaired) electrons. The molecule has 0 aromatic heterocycles. The van der Waals surface area contributed by atoms with Crippen LogP contribution in [0.2, 0.25) is 0 Å². The maximum Gasteiger partial charge on any atom is 0.252 e. The van der Waals surface area contributed by atoms with E-state index in [1.165, 1.54) is 18.2 Å². The summed E-state index contributed by atoms with van der Waals surface area (Å²) in [5.74, 6) is -1.07. The minimum absolute atomic E-state index is 0.180. The van der Waals surface area contributed by atoms with E-state index in [9.17, 15) is 14.0 Å². The van der Waals surface area contributed by atoms with Crippen molar-refractivity contribution in [2.45, 2.75) is 18.9 Å². The van der Waals surface area contributed by atoms with Crippen molar-refractivity contribution < 1.29 is 14.0 Å². The summed E-state index contributed by atoms with van der Waals surface area (Å²) in [5.41, 5.74) is 0.225. The van der Waals surface area contributed by atoms with E-state index >= 15 is 0 Å². The van der Waals surface area contributed by atoms with Gasteiger partial charge in [0.2, 0.25) is 5.91 Å². The second-order valence-corrected chi connectivity index (χ2v) is 3.97. The zero-order valence-corrected chi connectivity index (χ0v) is 9.20. The normalized spacial score (nSPS) is 19.6. The molecule has 1 saturated heterocycles. The zero-order valence-electron chi connectivity index (χ0n) is 9.20. The first kappa shape index (κ1) is 11.6. The van der Waals surface area contributed by atoms with E-state index in [2.05, 4.69) is 10.6 Å². The van der Waals surface area contributed by atoms with Crippen LogP contribution in [0, 0.1) is 5.82 Å². The maximum atomic E-state index is 12.9. The number of benzene rings is 1. The van der Waals surface area contributed by atoms with Gasteiger partial charge in [0.05, 0.1) is 0 Å². The van der Waals surface area contributed by atoms with Crippen molar-refractivity contribution in [3.8, 4) is 0 Å². The predicted octanol–water partition coefficient (Wildman–Crippen LogP) is 0.834. The summed E-state index contributed by atoms with van der Waals surface area (Å²) in [4.78, 5) is 23.2. The van der Waals surface area contributed by atoms with Gasteiger partial charge in [-0.1, -0.05) is 6.07 Å². The molecule has 0 saturated carbocycles. The summed E-state index contributed by atoms with van der Waals surface area (Å²) in [6, 6.07) is 4.88. The fourth-order valence-corrected chi connectivity index (χ4v) is 1.78. The Labute approximate surface area is 98.2 Å². The Bertz CT molecular complexity index is 448. The monoisotopic (exact) mass is 236 g/mol. The number of carbonyl (C=O) groups is 2. The highest BCUT2D eigenvalue weighted by atomic mass is 19.1. The van der Waals surface area contributed by atoms with Gasteiger partial charge in [-0.15, -0.1) is 0 Å². The number of hydrogen-bond donors (Lipinski definition) is 2. The van der Waals surface area contributed by atoms with Crippen LogP contribution in [-0.2, 0) is 4.79 Å². The largest absolute Gasteiger partial charge is 0.354 e. The van der Waals surface area contributed by atoms with Gasteiger partial charge in [-0.05, 0) is 31.0 Å². The van der Waals surface area contributed by atoms with E-state index in [1.54, 1.807) is 0 Å². The van der Waals surface area contributed by atoms with Crippen LogP contribution >= 0.6 is 0 Å². The molecule has 2 N–H and O–H groups in total. The molecular weight excluding hydrogens is 223 g/mol. The third-order valence-corrected chi connectivity index (χ3v) is 2.68. The number of nitrogens with one attached hydrogen (secondary N) is 2. The Morgan fingerprint density at radius 3 is 3.00 bits per heavy atom. The van der Waals surface area contributed by atoms with E-state index in [-0.39, 0.29) is 11.5 Å². The number of carbonyl (C=O) groups excluding carboxylic acids is 2. The van der Waals surface area contributed by atoms with Crippen LogP contribution in [0.4, 0.5) is 4.39 Å². The minimum atomic E-state index is -0.514. The van der Waals surface area contributed by atoms with Gasteiger partial charge in [-0.2, -0.15) is 0 Å². The average molecular weight is 236 g/mol. The van der Waals surface area contributed by atoms with E-state index in [0.29, 0.717) is 13.0 Å². The summed E-state index contributed by atoms with van der Waals surface area (Å²) in [7, 11) is 0. The van der Waals surface area contributed by atoms with Gasteiger partial charge in [0, 0.05) is 12.1 Å². The van der Waals surface area contributed by atoms with Gasteiger partial charge in [0.25, 0.3) is 5.91 Å². The van der Waals surface area contributed by atoms with E-state index in [1.807, 2.05) is 0 Å². The molecule has 0 spiro atoms. The highest BCUT2D eigenvalue weighted by Crippen LogP contribution is 2.07. The smallest absolute Gasteiger partial charge is 0.252 e. The van der Waals surface area contributed by atoms with E-state index < -0.39 is 17.8 Å². The van der Waals surface area contributed by atoms with Crippen molar-refractivity contribution >= 4 is 11.8 Å². The Morgan fingerprint density at radius 1 is 1.47 bits per heavy atom. The molecule has 1 heterocycles. The van der Waals surface area contributed by atoms with E-state index in [0.717, 1.165) is 12.5 Å². The van der Waals surface area contributed by atoms with Gasteiger partial charge in [0.1, 0.15) is 11.9 Å². The first-order valence-electron chi connectivity index (χ1n) is 5.51. The fraction of sp³-hybridized carbons (Fsp3) is 0.333. The Hall–Kier alpha value is -1.91. The Morgan fingerprint density at radius 2 is 2.29 bits per heavy atom. The quantitative estimate of drug-likeness (QED) is 0.799. The number of piperidine rings is 1. The van der Waals surface area contributed by atoms with Crippen LogP contribution in [0.5, 0.6) is 0 Å². The number of amides is 2.